The van der Waals surface area contributed by atoms with Crippen LogP contribution in [-0.2, 0) is 4.79 Å². The number of carbonyl (C=O) groups is 1. The van der Waals surface area contributed by atoms with Gasteiger partial charge in [0, 0.05) is 24.4 Å². The molecule has 6 nitrogen and oxygen atoms in total. The van der Waals surface area contributed by atoms with Gasteiger partial charge >= 0.3 is 6.18 Å². The molecule has 6 atom stereocenters. The van der Waals surface area contributed by atoms with E-state index in [1.54, 1.807) is 0 Å². The zero-order chi connectivity index (χ0) is 25.0. The van der Waals surface area contributed by atoms with Crippen molar-refractivity contribution in [2.24, 2.45) is 34.6 Å². The molecule has 1 heterocycles. The first-order valence-corrected chi connectivity index (χ1v) is 12.8. The van der Waals surface area contributed by atoms with Crippen LogP contribution in [0.4, 0.5) is 17.6 Å². The minimum atomic E-state index is -4.20. The van der Waals surface area contributed by atoms with E-state index in [2.05, 4.69) is 35.3 Å². The SMILES string of the molecule is CC(C)C(C)N/C(=N\C1CC(C2CCC(C)C(F)C2)NN1)NC(=O)C1CCC(C(F)(F)F)CC1. The number of hydrazine groups is 1. The number of amides is 1. The fourth-order valence-corrected chi connectivity index (χ4v) is 5.17. The third kappa shape index (κ3) is 7.29. The number of carbonyl (C=O) groups excluding carboxylic acids is 1. The summed E-state index contributed by atoms with van der Waals surface area (Å²) < 4.78 is 53.1. The zero-order valence-electron chi connectivity index (χ0n) is 20.7. The Kier molecular flexibility index (Phi) is 9.23. The maximum Gasteiger partial charge on any atom is 0.391 e. The van der Waals surface area contributed by atoms with Crippen LogP contribution in [0.3, 0.4) is 0 Å². The molecule has 6 unspecified atom stereocenters. The first-order valence-electron chi connectivity index (χ1n) is 12.8. The molecule has 0 radical (unpaired) electrons. The Balaban J connectivity index is 1.60. The van der Waals surface area contributed by atoms with E-state index < -0.39 is 24.2 Å². The molecule has 1 aliphatic heterocycles. The van der Waals surface area contributed by atoms with Gasteiger partial charge < -0.3 is 5.32 Å². The first kappa shape index (κ1) is 27.2. The summed E-state index contributed by atoms with van der Waals surface area (Å²) in [6, 6.07) is 0.147. The Bertz CT molecular complexity index is 708. The van der Waals surface area contributed by atoms with Crippen molar-refractivity contribution in [1.29, 1.82) is 0 Å². The smallest absolute Gasteiger partial charge is 0.353 e. The largest absolute Gasteiger partial charge is 0.391 e. The molecule has 1 amide bonds. The van der Waals surface area contributed by atoms with E-state index in [-0.39, 0.29) is 67.6 Å². The standard InChI is InChI=1S/C24H41F4N5O/c1-13(2)15(4)29-23(31-22(34)16-7-9-18(10-8-16)24(26,27)28)30-21-12-20(32-33-21)17-6-5-14(3)19(25)11-17/h13-21,32-33H,5-12H2,1-4H3,(H2,29,30,31,34). The molecule has 4 N–H and O–H groups in total. The zero-order valence-corrected chi connectivity index (χ0v) is 20.7. The Morgan fingerprint density at radius 3 is 2.26 bits per heavy atom. The second kappa shape index (κ2) is 11.5. The maximum atomic E-state index is 14.2. The molecule has 0 spiro atoms. The second-order valence-electron chi connectivity index (χ2n) is 10.9. The summed E-state index contributed by atoms with van der Waals surface area (Å²) in [5.41, 5.74) is 6.42. The van der Waals surface area contributed by atoms with Gasteiger partial charge in [-0.25, -0.2) is 14.8 Å². The summed E-state index contributed by atoms with van der Waals surface area (Å²) in [5, 5.41) is 6.11. The van der Waals surface area contributed by atoms with Gasteiger partial charge in [-0.3, -0.25) is 15.5 Å². The monoisotopic (exact) mass is 491 g/mol. The number of nitrogens with zero attached hydrogens (tertiary/aromatic N) is 1. The van der Waals surface area contributed by atoms with Crippen LogP contribution in [-0.4, -0.2) is 42.5 Å². The van der Waals surface area contributed by atoms with Gasteiger partial charge in [0.05, 0.1) is 5.92 Å². The van der Waals surface area contributed by atoms with Gasteiger partial charge in [-0.15, -0.1) is 0 Å². The van der Waals surface area contributed by atoms with Crippen molar-refractivity contribution in [2.75, 3.05) is 0 Å². The molecule has 0 aromatic carbocycles. The summed E-state index contributed by atoms with van der Waals surface area (Å²) in [6.45, 7) is 8.06. The Morgan fingerprint density at radius 1 is 1.00 bits per heavy atom. The summed E-state index contributed by atoms with van der Waals surface area (Å²) in [5.74, 6) is -1.08. The number of guanidine groups is 1. The lowest BCUT2D eigenvalue weighted by Gasteiger charge is -2.32. The number of aliphatic imine (C=N–C) groups is 1. The number of halogens is 4. The molecule has 196 valence electrons. The minimum absolute atomic E-state index is 0.0186. The number of hydrogen-bond acceptors (Lipinski definition) is 4. The summed E-state index contributed by atoms with van der Waals surface area (Å²) in [6.07, 6.45) is -1.78. The summed E-state index contributed by atoms with van der Waals surface area (Å²) in [4.78, 5) is 17.6. The van der Waals surface area contributed by atoms with Crippen molar-refractivity contribution < 1.29 is 22.4 Å². The average molecular weight is 492 g/mol. The van der Waals surface area contributed by atoms with Crippen molar-refractivity contribution in [1.82, 2.24) is 21.5 Å². The van der Waals surface area contributed by atoms with E-state index in [1.807, 2.05) is 13.8 Å². The van der Waals surface area contributed by atoms with Crippen LogP contribution in [0.25, 0.3) is 0 Å². The molecule has 0 bridgehead atoms. The van der Waals surface area contributed by atoms with Gasteiger partial charge in [0.2, 0.25) is 5.91 Å². The van der Waals surface area contributed by atoms with Crippen LogP contribution in [0.2, 0.25) is 0 Å². The molecular weight excluding hydrogens is 450 g/mol. The Hall–Kier alpha value is -1.42. The number of rotatable bonds is 5. The van der Waals surface area contributed by atoms with Gasteiger partial charge in [-0.1, -0.05) is 20.8 Å². The molecule has 2 saturated carbocycles. The van der Waals surface area contributed by atoms with Crippen LogP contribution < -0.4 is 21.5 Å². The fraction of sp³-hybridized carbons (Fsp3) is 0.917. The molecule has 10 heteroatoms. The van der Waals surface area contributed by atoms with Gasteiger partial charge in [0.15, 0.2) is 5.96 Å². The third-order valence-electron chi connectivity index (χ3n) is 8.07. The van der Waals surface area contributed by atoms with E-state index >= 15 is 0 Å². The van der Waals surface area contributed by atoms with Crippen molar-refractivity contribution in [3.63, 3.8) is 0 Å². The van der Waals surface area contributed by atoms with Crippen molar-refractivity contribution in [3.05, 3.63) is 0 Å². The predicted octanol–water partition coefficient (Wildman–Crippen LogP) is 4.43. The van der Waals surface area contributed by atoms with Gasteiger partial charge in [0.25, 0.3) is 0 Å². The van der Waals surface area contributed by atoms with Crippen LogP contribution in [0.1, 0.15) is 79.1 Å². The minimum Gasteiger partial charge on any atom is -0.353 e. The van der Waals surface area contributed by atoms with E-state index in [0.29, 0.717) is 18.8 Å². The average Bonchev–Trinajstić information content (AvgIpc) is 3.23. The maximum absolute atomic E-state index is 14.2. The lowest BCUT2D eigenvalue weighted by molar-refractivity contribution is -0.184. The van der Waals surface area contributed by atoms with E-state index in [9.17, 15) is 22.4 Å². The lowest BCUT2D eigenvalue weighted by atomic mass is 9.77. The molecule has 3 rings (SSSR count). The number of nitrogens with one attached hydrogen (secondary N) is 4. The van der Waals surface area contributed by atoms with Crippen LogP contribution in [0.5, 0.6) is 0 Å². The molecule has 1 saturated heterocycles. The quantitative estimate of drug-likeness (QED) is 0.261. The van der Waals surface area contributed by atoms with Crippen molar-refractivity contribution in [3.8, 4) is 0 Å². The number of alkyl halides is 4. The van der Waals surface area contributed by atoms with Gasteiger partial charge in [0.1, 0.15) is 12.3 Å². The van der Waals surface area contributed by atoms with Crippen molar-refractivity contribution in [2.45, 2.75) is 110 Å². The summed E-state index contributed by atoms with van der Waals surface area (Å²) >= 11 is 0. The number of hydrogen-bond donors (Lipinski definition) is 4. The molecule has 3 aliphatic rings. The third-order valence-corrected chi connectivity index (χ3v) is 8.07. The molecule has 34 heavy (non-hydrogen) atoms. The highest BCUT2D eigenvalue weighted by molar-refractivity contribution is 5.98. The highest BCUT2D eigenvalue weighted by Crippen LogP contribution is 2.39. The van der Waals surface area contributed by atoms with Crippen LogP contribution in [0, 0.1) is 29.6 Å². The summed E-state index contributed by atoms with van der Waals surface area (Å²) in [7, 11) is 0. The fourth-order valence-electron chi connectivity index (χ4n) is 5.17. The highest BCUT2D eigenvalue weighted by atomic mass is 19.4. The Morgan fingerprint density at radius 2 is 1.68 bits per heavy atom. The van der Waals surface area contributed by atoms with E-state index in [4.69, 9.17) is 4.99 Å². The Labute approximate surface area is 200 Å². The molecular formula is C24H41F4N5O. The van der Waals surface area contributed by atoms with Crippen molar-refractivity contribution >= 4 is 11.9 Å². The predicted molar refractivity (Wildman–Crippen MR) is 124 cm³/mol. The first-order chi connectivity index (χ1) is 15.9. The highest BCUT2D eigenvalue weighted by Gasteiger charge is 2.42. The molecule has 0 aromatic heterocycles. The van der Waals surface area contributed by atoms with E-state index in [0.717, 1.165) is 12.8 Å². The van der Waals surface area contributed by atoms with Gasteiger partial charge in [-0.2, -0.15) is 13.2 Å². The van der Waals surface area contributed by atoms with Gasteiger partial charge in [-0.05, 0) is 69.6 Å². The molecule has 3 fully saturated rings. The molecule has 2 aliphatic carbocycles. The topological polar surface area (TPSA) is 77.6 Å². The van der Waals surface area contributed by atoms with Crippen LogP contribution >= 0.6 is 0 Å². The van der Waals surface area contributed by atoms with E-state index in [1.165, 1.54) is 0 Å². The lowest BCUT2D eigenvalue weighted by Crippen LogP contribution is -2.49. The second-order valence-corrected chi connectivity index (χ2v) is 10.9. The normalized spacial score (nSPS) is 36.4. The van der Waals surface area contributed by atoms with Crippen LogP contribution in [0.15, 0.2) is 4.99 Å². The molecule has 0 aromatic rings.